The SMILES string of the molecule is CCCCCCCCCCCCCCc1ccc2cc(S(=O)(=O)O)c(CCCCCCCCCCCCCC)cc2c1. The average molecular weight is 601 g/mol. The average Bonchev–Trinajstić information content (AvgIpc) is 2.97. The van der Waals surface area contributed by atoms with Gasteiger partial charge in [-0.1, -0.05) is 173 Å². The number of rotatable bonds is 27. The van der Waals surface area contributed by atoms with Crippen molar-refractivity contribution < 1.29 is 13.0 Å². The summed E-state index contributed by atoms with van der Waals surface area (Å²) in [6.07, 6.45) is 33.4. The molecule has 0 unspecified atom stereocenters. The molecule has 0 aromatic heterocycles. The van der Waals surface area contributed by atoms with Crippen LogP contribution in [-0.2, 0) is 23.0 Å². The number of benzene rings is 2. The van der Waals surface area contributed by atoms with E-state index in [0.717, 1.165) is 35.6 Å². The molecule has 0 radical (unpaired) electrons. The first kappa shape index (κ1) is 36.8. The standard InChI is InChI=1S/C38H64O3S/c1-3-5-7-9-11-13-15-17-19-21-23-25-27-34-29-30-35-33-38(42(39,40)41)36(32-37(35)31-34)28-26-24-22-20-18-16-14-12-10-8-6-4-2/h29-33H,3-28H2,1-2H3,(H,39,40,41). The van der Waals surface area contributed by atoms with Crippen LogP contribution in [0.2, 0.25) is 0 Å². The molecule has 0 aliphatic carbocycles. The molecular weight excluding hydrogens is 536 g/mol. The number of fused-ring (bicyclic) bond motifs is 1. The van der Waals surface area contributed by atoms with Crippen LogP contribution in [0.15, 0.2) is 35.2 Å². The van der Waals surface area contributed by atoms with Crippen LogP contribution in [0.4, 0.5) is 0 Å². The number of unbranched alkanes of at least 4 members (excludes halogenated alkanes) is 22. The van der Waals surface area contributed by atoms with Crippen molar-refractivity contribution in [3.05, 3.63) is 41.5 Å². The summed E-state index contributed by atoms with van der Waals surface area (Å²) in [5.41, 5.74) is 2.09. The summed E-state index contributed by atoms with van der Waals surface area (Å²) in [5, 5.41) is 1.98. The predicted octanol–water partition coefficient (Wildman–Crippen LogP) is 12.6. The molecule has 0 aliphatic rings. The molecule has 240 valence electrons. The van der Waals surface area contributed by atoms with E-state index in [1.165, 1.54) is 147 Å². The van der Waals surface area contributed by atoms with E-state index in [0.29, 0.717) is 6.42 Å². The van der Waals surface area contributed by atoms with Crippen molar-refractivity contribution in [2.75, 3.05) is 0 Å². The topological polar surface area (TPSA) is 54.4 Å². The van der Waals surface area contributed by atoms with Gasteiger partial charge < -0.3 is 0 Å². The summed E-state index contributed by atoms with van der Waals surface area (Å²) in [6.45, 7) is 4.54. The molecule has 1 N–H and O–H groups in total. The third kappa shape index (κ3) is 16.5. The molecule has 0 fully saturated rings. The Morgan fingerprint density at radius 3 is 1.31 bits per heavy atom. The van der Waals surface area contributed by atoms with E-state index in [1.807, 2.05) is 12.1 Å². The van der Waals surface area contributed by atoms with E-state index in [2.05, 4.69) is 26.0 Å². The molecule has 0 bridgehead atoms. The maximum atomic E-state index is 12.2. The minimum atomic E-state index is -4.24. The van der Waals surface area contributed by atoms with Gasteiger partial charge in [-0.05, 0) is 59.7 Å². The van der Waals surface area contributed by atoms with Crippen molar-refractivity contribution in [1.82, 2.24) is 0 Å². The first-order valence-corrected chi connectivity index (χ1v) is 19.4. The Labute approximate surface area is 260 Å². The van der Waals surface area contributed by atoms with Gasteiger partial charge in [0.05, 0.1) is 4.90 Å². The van der Waals surface area contributed by atoms with Crippen LogP contribution in [0, 0.1) is 0 Å². The Balaban J connectivity index is 1.72. The fourth-order valence-electron chi connectivity index (χ4n) is 6.29. The van der Waals surface area contributed by atoms with Gasteiger partial charge in [0, 0.05) is 0 Å². The summed E-state index contributed by atoms with van der Waals surface area (Å²) >= 11 is 0. The molecule has 0 saturated carbocycles. The van der Waals surface area contributed by atoms with Gasteiger partial charge in [-0.3, -0.25) is 4.55 Å². The highest BCUT2D eigenvalue weighted by atomic mass is 32.2. The fourth-order valence-corrected chi connectivity index (χ4v) is 7.06. The Morgan fingerprint density at radius 1 is 0.476 bits per heavy atom. The molecular formula is C38H64O3S. The number of hydrogen-bond donors (Lipinski definition) is 1. The van der Waals surface area contributed by atoms with Gasteiger partial charge in [-0.2, -0.15) is 8.42 Å². The molecule has 4 heteroatoms. The fraction of sp³-hybridized carbons (Fsp3) is 0.737. The Hall–Kier alpha value is -1.39. The lowest BCUT2D eigenvalue weighted by Gasteiger charge is -2.11. The first-order chi connectivity index (χ1) is 20.5. The lowest BCUT2D eigenvalue weighted by atomic mass is 9.98. The molecule has 3 nitrogen and oxygen atoms in total. The lowest BCUT2D eigenvalue weighted by molar-refractivity contribution is 0.481. The van der Waals surface area contributed by atoms with Crippen LogP contribution in [0.5, 0.6) is 0 Å². The van der Waals surface area contributed by atoms with Crippen LogP contribution in [-0.4, -0.2) is 13.0 Å². The Morgan fingerprint density at radius 2 is 0.881 bits per heavy atom. The molecule has 0 saturated heterocycles. The molecule has 0 aliphatic heterocycles. The highest BCUT2D eigenvalue weighted by Gasteiger charge is 2.16. The van der Waals surface area contributed by atoms with Gasteiger partial charge in [0.2, 0.25) is 0 Å². The summed E-state index contributed by atoms with van der Waals surface area (Å²) in [6, 6.07) is 10.1. The highest BCUT2D eigenvalue weighted by Crippen LogP contribution is 2.27. The maximum Gasteiger partial charge on any atom is 0.294 e. The van der Waals surface area contributed by atoms with E-state index >= 15 is 0 Å². The highest BCUT2D eigenvalue weighted by molar-refractivity contribution is 7.85. The van der Waals surface area contributed by atoms with Crippen LogP contribution < -0.4 is 0 Å². The predicted molar refractivity (Wildman–Crippen MR) is 183 cm³/mol. The van der Waals surface area contributed by atoms with Crippen molar-refractivity contribution in [2.24, 2.45) is 0 Å². The number of hydrogen-bond acceptors (Lipinski definition) is 2. The van der Waals surface area contributed by atoms with E-state index in [1.54, 1.807) is 6.07 Å². The molecule has 2 aromatic carbocycles. The molecule has 0 atom stereocenters. The molecule has 42 heavy (non-hydrogen) atoms. The second-order valence-corrected chi connectivity index (χ2v) is 14.3. The van der Waals surface area contributed by atoms with Crippen molar-refractivity contribution in [3.63, 3.8) is 0 Å². The maximum absolute atomic E-state index is 12.2. The summed E-state index contributed by atoms with van der Waals surface area (Å²) in [7, 11) is -4.24. The van der Waals surface area contributed by atoms with Gasteiger partial charge in [0.15, 0.2) is 0 Å². The van der Waals surface area contributed by atoms with Crippen LogP contribution >= 0.6 is 0 Å². The van der Waals surface area contributed by atoms with E-state index in [-0.39, 0.29) is 4.90 Å². The minimum absolute atomic E-state index is 0.0896. The Kier molecular flexibility index (Phi) is 20.2. The van der Waals surface area contributed by atoms with Crippen molar-refractivity contribution >= 4 is 20.9 Å². The third-order valence-corrected chi connectivity index (χ3v) is 9.92. The monoisotopic (exact) mass is 600 g/mol. The smallest absolute Gasteiger partial charge is 0.282 e. The lowest BCUT2D eigenvalue weighted by Crippen LogP contribution is -2.04. The van der Waals surface area contributed by atoms with Gasteiger partial charge in [-0.25, -0.2) is 0 Å². The zero-order valence-corrected chi connectivity index (χ0v) is 28.3. The zero-order chi connectivity index (χ0) is 30.3. The first-order valence-electron chi connectivity index (χ1n) is 18.0. The zero-order valence-electron chi connectivity index (χ0n) is 27.4. The van der Waals surface area contributed by atoms with E-state index < -0.39 is 10.1 Å². The van der Waals surface area contributed by atoms with Crippen molar-refractivity contribution in [1.29, 1.82) is 0 Å². The molecule has 2 aromatic rings. The van der Waals surface area contributed by atoms with Crippen molar-refractivity contribution in [2.45, 2.75) is 186 Å². The van der Waals surface area contributed by atoms with E-state index in [9.17, 15) is 13.0 Å². The number of aryl methyl sites for hydroxylation is 2. The third-order valence-electron chi connectivity index (χ3n) is 8.98. The van der Waals surface area contributed by atoms with Crippen LogP contribution in [0.1, 0.15) is 179 Å². The molecule has 0 heterocycles. The van der Waals surface area contributed by atoms with Crippen LogP contribution in [0.3, 0.4) is 0 Å². The molecule has 2 rings (SSSR count). The molecule has 0 spiro atoms. The molecule has 0 amide bonds. The van der Waals surface area contributed by atoms with Crippen LogP contribution in [0.25, 0.3) is 10.8 Å². The largest absolute Gasteiger partial charge is 0.294 e. The second kappa shape index (κ2) is 23.1. The summed E-state index contributed by atoms with van der Waals surface area (Å²) < 4.78 is 34.3. The summed E-state index contributed by atoms with van der Waals surface area (Å²) in [4.78, 5) is 0.0896. The second-order valence-electron chi connectivity index (χ2n) is 12.9. The normalized spacial score (nSPS) is 12.0. The Bertz CT molecular complexity index is 1060. The van der Waals surface area contributed by atoms with Gasteiger partial charge in [0.1, 0.15) is 0 Å². The quantitative estimate of drug-likeness (QED) is 0.0819. The van der Waals surface area contributed by atoms with Gasteiger partial charge in [-0.15, -0.1) is 0 Å². The van der Waals surface area contributed by atoms with Gasteiger partial charge >= 0.3 is 0 Å². The summed E-state index contributed by atoms with van der Waals surface area (Å²) in [5.74, 6) is 0. The van der Waals surface area contributed by atoms with E-state index in [4.69, 9.17) is 0 Å². The van der Waals surface area contributed by atoms with Gasteiger partial charge in [0.25, 0.3) is 10.1 Å². The minimum Gasteiger partial charge on any atom is -0.282 e. The van der Waals surface area contributed by atoms with Crippen molar-refractivity contribution in [3.8, 4) is 0 Å².